The van der Waals surface area contributed by atoms with Gasteiger partial charge in [0.05, 0.1) is 11.3 Å². The summed E-state index contributed by atoms with van der Waals surface area (Å²) < 4.78 is 0. The molecule has 0 aromatic heterocycles. The lowest BCUT2D eigenvalue weighted by molar-refractivity contribution is -0.112. The molecule has 0 spiro atoms. The van der Waals surface area contributed by atoms with E-state index >= 15 is 0 Å². The Balaban J connectivity index is 1.58. The van der Waals surface area contributed by atoms with Gasteiger partial charge >= 0.3 is 0 Å². The van der Waals surface area contributed by atoms with E-state index in [1.165, 1.54) is 6.07 Å². The molecule has 0 fully saturated rings. The zero-order chi connectivity index (χ0) is 20.2. The molecule has 0 bridgehead atoms. The summed E-state index contributed by atoms with van der Waals surface area (Å²) in [6, 6.07) is 23.4. The van der Waals surface area contributed by atoms with Gasteiger partial charge in [-0.25, -0.2) is 0 Å². The van der Waals surface area contributed by atoms with Crippen molar-refractivity contribution in [3.05, 3.63) is 107 Å². The van der Waals surface area contributed by atoms with Crippen LogP contribution in [0.4, 0.5) is 5.69 Å². The van der Waals surface area contributed by atoms with Crippen LogP contribution in [0.5, 0.6) is 0 Å². The van der Waals surface area contributed by atoms with Crippen LogP contribution in [0.1, 0.15) is 31.8 Å². The maximum atomic E-state index is 12.9. The molecule has 0 radical (unpaired) electrons. The van der Waals surface area contributed by atoms with E-state index in [2.05, 4.69) is 10.6 Å². The van der Waals surface area contributed by atoms with Crippen LogP contribution in [0.2, 0.25) is 0 Å². The maximum absolute atomic E-state index is 12.9. The second-order valence-corrected chi connectivity index (χ2v) is 6.68. The SMILES string of the molecule is O=C1Nc2ccc(C(=O)NCc3ccccc3)cc2C(=O)/C1=C\c1ccccc1. The first-order chi connectivity index (χ1) is 14.1. The third-order valence-electron chi connectivity index (χ3n) is 4.67. The first-order valence-corrected chi connectivity index (χ1v) is 9.21. The molecular formula is C24H18N2O3. The van der Waals surface area contributed by atoms with Crippen molar-refractivity contribution in [2.45, 2.75) is 6.54 Å². The molecular weight excluding hydrogens is 364 g/mol. The molecule has 3 aromatic rings. The summed E-state index contributed by atoms with van der Waals surface area (Å²) in [7, 11) is 0. The number of carbonyl (C=O) groups is 3. The molecule has 0 saturated heterocycles. The van der Waals surface area contributed by atoms with Crippen LogP contribution in [-0.2, 0) is 11.3 Å². The van der Waals surface area contributed by atoms with Crippen molar-refractivity contribution in [1.29, 1.82) is 0 Å². The van der Waals surface area contributed by atoms with Gasteiger partial charge in [0.1, 0.15) is 0 Å². The summed E-state index contributed by atoms with van der Waals surface area (Å²) in [4.78, 5) is 37.8. The number of carbonyl (C=O) groups excluding carboxylic acids is 3. The van der Waals surface area contributed by atoms with Gasteiger partial charge in [0, 0.05) is 17.7 Å². The molecule has 3 aromatic carbocycles. The largest absolute Gasteiger partial charge is 0.348 e. The van der Waals surface area contributed by atoms with Crippen LogP contribution in [-0.4, -0.2) is 17.6 Å². The standard InChI is InChI=1S/C24H18N2O3/c27-22-19-14-18(23(28)25-15-17-9-5-2-6-10-17)11-12-21(19)26-24(29)20(22)13-16-7-3-1-4-8-16/h1-14H,15H2,(H,25,28)(H,26,29)/b20-13+. The molecule has 4 rings (SSSR count). The predicted octanol–water partition coefficient (Wildman–Crippen LogP) is 3.84. The zero-order valence-corrected chi connectivity index (χ0v) is 15.5. The van der Waals surface area contributed by atoms with Gasteiger partial charge in [-0.1, -0.05) is 60.7 Å². The third-order valence-corrected chi connectivity index (χ3v) is 4.67. The Labute approximate surface area is 168 Å². The molecule has 29 heavy (non-hydrogen) atoms. The Bertz CT molecular complexity index is 1120. The Morgan fingerprint density at radius 3 is 2.31 bits per heavy atom. The monoisotopic (exact) mass is 382 g/mol. The van der Waals surface area contributed by atoms with E-state index in [1.807, 2.05) is 60.7 Å². The van der Waals surface area contributed by atoms with Gasteiger partial charge in [0.2, 0.25) is 5.78 Å². The van der Waals surface area contributed by atoms with Crippen LogP contribution < -0.4 is 10.6 Å². The molecule has 2 amide bonds. The van der Waals surface area contributed by atoms with Crippen LogP contribution >= 0.6 is 0 Å². The number of fused-ring (bicyclic) bond motifs is 1. The van der Waals surface area contributed by atoms with Gasteiger partial charge in [-0.05, 0) is 35.4 Å². The predicted molar refractivity (Wildman–Crippen MR) is 111 cm³/mol. The van der Waals surface area contributed by atoms with Gasteiger partial charge in [-0.2, -0.15) is 0 Å². The summed E-state index contributed by atoms with van der Waals surface area (Å²) in [5.74, 6) is -1.13. The highest BCUT2D eigenvalue weighted by Gasteiger charge is 2.29. The van der Waals surface area contributed by atoms with Crippen molar-refractivity contribution in [3.63, 3.8) is 0 Å². The quantitative estimate of drug-likeness (QED) is 0.532. The highest BCUT2D eigenvalue weighted by molar-refractivity contribution is 6.36. The van der Waals surface area contributed by atoms with Gasteiger partial charge < -0.3 is 10.6 Å². The lowest BCUT2D eigenvalue weighted by Crippen LogP contribution is -2.28. The number of Topliss-reactive ketones (excluding diaryl/α,β-unsaturated/α-hetero) is 1. The van der Waals surface area contributed by atoms with Crippen LogP contribution in [0.15, 0.2) is 84.4 Å². The second kappa shape index (κ2) is 7.94. The highest BCUT2D eigenvalue weighted by Crippen LogP contribution is 2.27. The van der Waals surface area contributed by atoms with Crippen molar-refractivity contribution in [2.75, 3.05) is 5.32 Å². The summed E-state index contributed by atoms with van der Waals surface area (Å²) >= 11 is 0. The second-order valence-electron chi connectivity index (χ2n) is 6.68. The Hall–Kier alpha value is -3.99. The molecule has 2 N–H and O–H groups in total. The minimum Gasteiger partial charge on any atom is -0.348 e. The fourth-order valence-electron chi connectivity index (χ4n) is 3.15. The van der Waals surface area contributed by atoms with Crippen molar-refractivity contribution < 1.29 is 14.4 Å². The highest BCUT2D eigenvalue weighted by atomic mass is 16.2. The minimum absolute atomic E-state index is 0.0468. The molecule has 1 aliphatic heterocycles. The fraction of sp³-hybridized carbons (Fsp3) is 0.0417. The first-order valence-electron chi connectivity index (χ1n) is 9.21. The van der Waals surface area contributed by atoms with E-state index in [0.29, 0.717) is 23.4 Å². The molecule has 0 unspecified atom stereocenters. The van der Waals surface area contributed by atoms with E-state index in [4.69, 9.17) is 0 Å². The number of ketones is 1. The molecule has 1 heterocycles. The molecule has 0 saturated carbocycles. The molecule has 0 atom stereocenters. The summed E-state index contributed by atoms with van der Waals surface area (Å²) in [5, 5.41) is 5.57. The van der Waals surface area contributed by atoms with Gasteiger partial charge in [0.25, 0.3) is 11.8 Å². The van der Waals surface area contributed by atoms with Crippen LogP contribution in [0.25, 0.3) is 6.08 Å². The number of anilines is 1. The summed E-state index contributed by atoms with van der Waals surface area (Å²) in [6.07, 6.45) is 1.56. The van der Waals surface area contributed by atoms with Gasteiger partial charge in [0.15, 0.2) is 0 Å². The summed E-state index contributed by atoms with van der Waals surface area (Å²) in [6.45, 7) is 0.389. The van der Waals surface area contributed by atoms with Gasteiger partial charge in [-0.3, -0.25) is 14.4 Å². The first kappa shape index (κ1) is 18.4. The average molecular weight is 382 g/mol. The number of benzene rings is 3. The lowest BCUT2D eigenvalue weighted by atomic mass is 9.93. The Kier molecular flexibility index (Phi) is 5.03. The van der Waals surface area contributed by atoms with E-state index in [9.17, 15) is 14.4 Å². The zero-order valence-electron chi connectivity index (χ0n) is 15.5. The smallest absolute Gasteiger partial charge is 0.259 e. The minimum atomic E-state index is -0.451. The van der Waals surface area contributed by atoms with Crippen molar-refractivity contribution >= 4 is 29.4 Å². The van der Waals surface area contributed by atoms with Crippen LogP contribution in [0.3, 0.4) is 0 Å². The fourth-order valence-corrected chi connectivity index (χ4v) is 3.15. The van der Waals surface area contributed by atoms with E-state index < -0.39 is 11.7 Å². The molecule has 142 valence electrons. The topological polar surface area (TPSA) is 75.3 Å². The van der Waals surface area contributed by atoms with Crippen molar-refractivity contribution in [1.82, 2.24) is 5.32 Å². The Morgan fingerprint density at radius 1 is 0.897 bits per heavy atom. The number of hydrogen-bond donors (Lipinski definition) is 2. The molecule has 5 heteroatoms. The number of nitrogens with one attached hydrogen (secondary N) is 2. The van der Waals surface area contributed by atoms with E-state index in [-0.39, 0.29) is 11.5 Å². The molecule has 1 aliphatic rings. The maximum Gasteiger partial charge on any atom is 0.259 e. The Morgan fingerprint density at radius 2 is 1.59 bits per heavy atom. The third kappa shape index (κ3) is 3.99. The number of amides is 2. The van der Waals surface area contributed by atoms with Gasteiger partial charge in [-0.15, -0.1) is 0 Å². The average Bonchev–Trinajstić information content (AvgIpc) is 2.76. The van der Waals surface area contributed by atoms with E-state index in [0.717, 1.165) is 11.1 Å². The number of hydrogen-bond acceptors (Lipinski definition) is 3. The normalized spacial score (nSPS) is 14.3. The van der Waals surface area contributed by atoms with E-state index in [1.54, 1.807) is 18.2 Å². The molecule has 5 nitrogen and oxygen atoms in total. The van der Waals surface area contributed by atoms with Crippen molar-refractivity contribution in [2.24, 2.45) is 0 Å². The molecule has 0 aliphatic carbocycles. The number of rotatable bonds is 4. The van der Waals surface area contributed by atoms with Crippen molar-refractivity contribution in [3.8, 4) is 0 Å². The van der Waals surface area contributed by atoms with Crippen LogP contribution in [0, 0.1) is 0 Å². The summed E-state index contributed by atoms with van der Waals surface area (Å²) in [5.41, 5.74) is 2.86. The lowest BCUT2D eigenvalue weighted by Gasteiger charge is -2.19.